The van der Waals surface area contributed by atoms with Crippen LogP contribution in [0.5, 0.6) is 5.75 Å². The van der Waals surface area contributed by atoms with Gasteiger partial charge in [0.05, 0.1) is 13.0 Å². The fourth-order valence-electron chi connectivity index (χ4n) is 3.85. The average molecular weight is 446 g/mol. The lowest BCUT2D eigenvalue weighted by atomic mass is 10.0. The van der Waals surface area contributed by atoms with Gasteiger partial charge in [-0.2, -0.15) is 0 Å². The number of furan rings is 1. The first kappa shape index (κ1) is 22.6. The molecule has 0 amide bonds. The van der Waals surface area contributed by atoms with Crippen LogP contribution >= 0.6 is 0 Å². The second kappa shape index (κ2) is 10.3. The summed E-state index contributed by atoms with van der Waals surface area (Å²) >= 11 is 0. The fourth-order valence-corrected chi connectivity index (χ4v) is 3.85. The van der Waals surface area contributed by atoms with Crippen molar-refractivity contribution in [3.63, 3.8) is 0 Å². The lowest BCUT2D eigenvalue weighted by Gasteiger charge is -2.11. The highest BCUT2D eigenvalue weighted by molar-refractivity contribution is 5.87. The minimum Gasteiger partial charge on any atom is -0.488 e. The zero-order valence-electron chi connectivity index (χ0n) is 18.5. The smallest absolute Gasteiger partial charge is 0.310 e. The molecule has 0 aliphatic heterocycles. The number of carbonyl (C=O) groups excluding carboxylic acids is 1. The maximum atomic E-state index is 12.0. The summed E-state index contributed by atoms with van der Waals surface area (Å²) in [6, 6.07) is 21.4. The van der Waals surface area contributed by atoms with Gasteiger partial charge in [0.2, 0.25) is 0 Å². The van der Waals surface area contributed by atoms with Crippen LogP contribution in [-0.4, -0.2) is 17.7 Å². The molecule has 3 N–H and O–H groups in total. The number of carbonyl (C=O) groups is 1. The van der Waals surface area contributed by atoms with E-state index in [4.69, 9.17) is 19.6 Å². The minimum absolute atomic E-state index is 0.130. The molecule has 1 heterocycles. The molecule has 0 atom stereocenters. The van der Waals surface area contributed by atoms with Crippen molar-refractivity contribution in [3.8, 4) is 16.9 Å². The topological polar surface area (TPSA) is 94.9 Å². The van der Waals surface area contributed by atoms with Gasteiger partial charge >= 0.3 is 5.97 Å². The first-order valence-corrected chi connectivity index (χ1v) is 10.9. The summed E-state index contributed by atoms with van der Waals surface area (Å²) in [6.45, 7) is 2.53. The molecule has 6 heteroatoms. The quantitative estimate of drug-likeness (QED) is 0.362. The van der Waals surface area contributed by atoms with Gasteiger partial charge in [0, 0.05) is 23.1 Å². The van der Waals surface area contributed by atoms with Crippen LogP contribution in [-0.2, 0) is 35.7 Å². The van der Waals surface area contributed by atoms with E-state index in [1.165, 1.54) is 0 Å². The molecule has 0 fully saturated rings. The van der Waals surface area contributed by atoms with Crippen molar-refractivity contribution >= 4 is 16.9 Å². The van der Waals surface area contributed by atoms with Crippen molar-refractivity contribution in [2.75, 3.05) is 6.61 Å². The average Bonchev–Trinajstić information content (AvgIpc) is 3.20. The molecule has 6 nitrogen and oxygen atoms in total. The highest BCUT2D eigenvalue weighted by Crippen LogP contribution is 2.32. The largest absolute Gasteiger partial charge is 0.488 e. The van der Waals surface area contributed by atoms with Crippen LogP contribution in [0.25, 0.3) is 22.1 Å². The van der Waals surface area contributed by atoms with Crippen molar-refractivity contribution in [3.05, 3.63) is 89.2 Å². The normalized spacial score (nSPS) is 11.0. The SMILES string of the molecule is CCOC(=O)Cc1ccccc1OCc1c(CO)oc2ccc(-c3cccc(CN)c3)cc12. The molecule has 0 bridgehead atoms. The van der Waals surface area contributed by atoms with Gasteiger partial charge in [0.1, 0.15) is 30.3 Å². The zero-order chi connectivity index (χ0) is 23.2. The standard InChI is InChI=1S/C27H27NO5/c1-2-31-27(30)14-21-7-3-4-9-24(21)32-17-23-22-13-20(10-11-25(22)33-26(23)16-29)19-8-5-6-18(12-19)15-28/h3-13,29H,2,14-17,28H2,1H3. The Morgan fingerprint density at radius 3 is 2.64 bits per heavy atom. The van der Waals surface area contributed by atoms with Gasteiger partial charge in [-0.3, -0.25) is 4.79 Å². The van der Waals surface area contributed by atoms with Crippen LogP contribution in [0, 0.1) is 0 Å². The Hall–Kier alpha value is -3.61. The van der Waals surface area contributed by atoms with E-state index < -0.39 is 0 Å². The highest BCUT2D eigenvalue weighted by Gasteiger charge is 2.17. The molecule has 3 aromatic carbocycles. The molecule has 0 aliphatic rings. The summed E-state index contributed by atoms with van der Waals surface area (Å²) < 4.78 is 17.0. The first-order valence-electron chi connectivity index (χ1n) is 10.9. The van der Waals surface area contributed by atoms with E-state index in [1.807, 2.05) is 60.7 Å². The summed E-state index contributed by atoms with van der Waals surface area (Å²) in [5, 5.41) is 10.8. The highest BCUT2D eigenvalue weighted by atomic mass is 16.5. The van der Waals surface area contributed by atoms with E-state index in [-0.39, 0.29) is 25.6 Å². The number of ether oxygens (including phenoxy) is 2. The molecule has 0 spiro atoms. The van der Waals surface area contributed by atoms with E-state index in [0.717, 1.165) is 33.2 Å². The number of fused-ring (bicyclic) bond motifs is 1. The van der Waals surface area contributed by atoms with Crippen molar-refractivity contribution in [1.29, 1.82) is 0 Å². The summed E-state index contributed by atoms with van der Waals surface area (Å²) in [4.78, 5) is 12.0. The number of hydrogen-bond acceptors (Lipinski definition) is 6. The number of esters is 1. The molecule has 1 aromatic heterocycles. The van der Waals surface area contributed by atoms with Crippen LogP contribution in [0.3, 0.4) is 0 Å². The first-order chi connectivity index (χ1) is 16.1. The van der Waals surface area contributed by atoms with Crippen LogP contribution < -0.4 is 10.5 Å². The summed E-state index contributed by atoms with van der Waals surface area (Å²) in [7, 11) is 0. The minimum atomic E-state index is -0.303. The van der Waals surface area contributed by atoms with Gasteiger partial charge in [-0.05, 0) is 47.9 Å². The van der Waals surface area contributed by atoms with Crippen molar-refractivity contribution in [2.45, 2.75) is 33.1 Å². The van der Waals surface area contributed by atoms with Gasteiger partial charge < -0.3 is 24.7 Å². The van der Waals surface area contributed by atoms with Gasteiger partial charge in [-0.1, -0.05) is 42.5 Å². The number of nitrogens with two attached hydrogens (primary N) is 1. The van der Waals surface area contributed by atoms with Gasteiger partial charge in [0.15, 0.2) is 0 Å². The van der Waals surface area contributed by atoms with Crippen LogP contribution in [0.1, 0.15) is 29.4 Å². The van der Waals surface area contributed by atoms with Crippen molar-refractivity contribution in [2.24, 2.45) is 5.73 Å². The maximum absolute atomic E-state index is 12.0. The Morgan fingerprint density at radius 1 is 1.03 bits per heavy atom. The maximum Gasteiger partial charge on any atom is 0.310 e. The lowest BCUT2D eigenvalue weighted by molar-refractivity contribution is -0.142. The van der Waals surface area contributed by atoms with E-state index in [1.54, 1.807) is 6.92 Å². The number of hydrogen-bond donors (Lipinski definition) is 2. The van der Waals surface area contributed by atoms with E-state index >= 15 is 0 Å². The number of benzene rings is 3. The Balaban J connectivity index is 1.64. The molecular formula is C27H27NO5. The van der Waals surface area contributed by atoms with Crippen LogP contribution in [0.2, 0.25) is 0 Å². The zero-order valence-corrected chi connectivity index (χ0v) is 18.5. The van der Waals surface area contributed by atoms with Crippen molar-refractivity contribution < 1.29 is 23.8 Å². The molecule has 0 saturated heterocycles. The number of aliphatic hydroxyl groups is 1. The predicted molar refractivity (Wildman–Crippen MR) is 127 cm³/mol. The molecule has 33 heavy (non-hydrogen) atoms. The third-order valence-corrected chi connectivity index (χ3v) is 5.50. The Labute approximate surface area is 192 Å². The number of para-hydroxylation sites is 1. The Bertz CT molecular complexity index is 1260. The Morgan fingerprint density at radius 2 is 1.85 bits per heavy atom. The molecule has 0 saturated carbocycles. The second-order valence-corrected chi connectivity index (χ2v) is 7.66. The van der Waals surface area contributed by atoms with Gasteiger partial charge in [-0.15, -0.1) is 0 Å². The second-order valence-electron chi connectivity index (χ2n) is 7.66. The molecular weight excluding hydrogens is 418 g/mol. The number of aliphatic hydroxyl groups excluding tert-OH is 1. The van der Waals surface area contributed by atoms with Crippen LogP contribution in [0.4, 0.5) is 0 Å². The summed E-state index contributed by atoms with van der Waals surface area (Å²) in [5.41, 5.74) is 11.1. The monoisotopic (exact) mass is 445 g/mol. The molecule has 0 radical (unpaired) electrons. The van der Waals surface area contributed by atoms with E-state index in [2.05, 4.69) is 6.07 Å². The third kappa shape index (κ3) is 5.08. The summed E-state index contributed by atoms with van der Waals surface area (Å²) in [5.74, 6) is 0.749. The molecule has 170 valence electrons. The predicted octanol–water partition coefficient (Wildman–Crippen LogP) is 4.74. The van der Waals surface area contributed by atoms with Crippen LogP contribution in [0.15, 0.2) is 71.1 Å². The third-order valence-electron chi connectivity index (χ3n) is 5.50. The van der Waals surface area contributed by atoms with Gasteiger partial charge in [-0.25, -0.2) is 0 Å². The molecule has 0 unspecified atom stereocenters. The number of rotatable bonds is 9. The molecule has 4 rings (SSSR count). The van der Waals surface area contributed by atoms with Crippen molar-refractivity contribution in [1.82, 2.24) is 0 Å². The molecule has 4 aromatic rings. The van der Waals surface area contributed by atoms with E-state index in [9.17, 15) is 9.90 Å². The molecule has 0 aliphatic carbocycles. The van der Waals surface area contributed by atoms with Gasteiger partial charge in [0.25, 0.3) is 0 Å². The lowest BCUT2D eigenvalue weighted by Crippen LogP contribution is -2.09. The van der Waals surface area contributed by atoms with E-state index in [0.29, 0.717) is 30.2 Å². The summed E-state index contributed by atoms with van der Waals surface area (Å²) in [6.07, 6.45) is 0.130. The fraction of sp³-hybridized carbons (Fsp3) is 0.222. The Kier molecular flexibility index (Phi) is 7.07.